The molecule has 3 unspecified atom stereocenters. The number of carbonyl (C=O) groups excluding carboxylic acids is 3. The third-order valence-corrected chi connectivity index (χ3v) is 11.7. The van der Waals surface area contributed by atoms with Gasteiger partial charge in [-0.15, -0.1) is 24.9 Å². The molecule has 2 amide bonds. The fourth-order valence-corrected chi connectivity index (χ4v) is 9.92. The van der Waals surface area contributed by atoms with Crippen molar-refractivity contribution in [2.75, 3.05) is 24.7 Å². The van der Waals surface area contributed by atoms with Crippen LogP contribution in [0.25, 0.3) is 0 Å². The van der Waals surface area contributed by atoms with Crippen LogP contribution in [-0.2, 0) is 19.1 Å². The zero-order chi connectivity index (χ0) is 30.1. The van der Waals surface area contributed by atoms with Crippen LogP contribution in [0.4, 0.5) is 5.69 Å². The van der Waals surface area contributed by atoms with Gasteiger partial charge in [-0.05, 0) is 49.7 Å². The topological polar surface area (TPSA) is 87.2 Å². The number of unbranched alkanes of at least 4 members (excludes halogenated alkanes) is 1. The Morgan fingerprint density at radius 1 is 1.34 bits per heavy atom. The van der Waals surface area contributed by atoms with Gasteiger partial charge in [0.05, 0.1) is 46.5 Å². The van der Waals surface area contributed by atoms with E-state index in [0.29, 0.717) is 30.0 Å². The van der Waals surface area contributed by atoms with Crippen molar-refractivity contribution < 1.29 is 24.2 Å². The average molecular weight is 603 g/mol. The first-order chi connectivity index (χ1) is 19.6. The van der Waals surface area contributed by atoms with E-state index in [0.717, 1.165) is 12.0 Å². The minimum atomic E-state index is -0.884. The monoisotopic (exact) mass is 602 g/mol. The molecule has 0 aliphatic carbocycles. The molecule has 3 aliphatic heterocycles. The Kier molecular flexibility index (Phi) is 9.97. The van der Waals surface area contributed by atoms with Crippen LogP contribution in [0.15, 0.2) is 43.5 Å². The highest BCUT2D eigenvalue weighted by atomic mass is 35.5. The van der Waals surface area contributed by atoms with E-state index in [1.54, 1.807) is 39.8 Å². The predicted molar refractivity (Wildman–Crippen MR) is 165 cm³/mol. The van der Waals surface area contributed by atoms with E-state index in [4.69, 9.17) is 16.3 Å². The molecule has 3 aliphatic rings. The Morgan fingerprint density at radius 2 is 2.07 bits per heavy atom. The fraction of sp³-hybridized carbons (Fsp3) is 0.594. The number of allylic oxidation sites excluding steroid dienone is 1. The number of ether oxygens (including phenoxy) is 1. The number of benzene rings is 1. The molecule has 4 rings (SSSR count). The molecule has 3 heterocycles. The van der Waals surface area contributed by atoms with Gasteiger partial charge < -0.3 is 19.6 Å². The van der Waals surface area contributed by atoms with Crippen molar-refractivity contribution >= 4 is 46.8 Å². The molecule has 2 bridgehead atoms. The van der Waals surface area contributed by atoms with Gasteiger partial charge >= 0.3 is 5.97 Å². The van der Waals surface area contributed by atoms with Crippen LogP contribution in [-0.4, -0.2) is 69.6 Å². The number of rotatable bonds is 13. The number of hydrogen-bond donors (Lipinski definition) is 1. The van der Waals surface area contributed by atoms with Crippen LogP contribution in [0.2, 0.25) is 5.02 Å². The molecule has 0 aromatic heterocycles. The maximum absolute atomic E-state index is 14.9. The summed E-state index contributed by atoms with van der Waals surface area (Å²) in [6.45, 7) is 15.8. The summed E-state index contributed by atoms with van der Waals surface area (Å²) in [5.41, 5.74) is 1.41. The van der Waals surface area contributed by atoms with Crippen LogP contribution in [0, 0.1) is 30.6 Å². The highest BCUT2D eigenvalue weighted by molar-refractivity contribution is 8.02. The first-order valence-electron chi connectivity index (χ1n) is 14.7. The van der Waals surface area contributed by atoms with Gasteiger partial charge in [0.2, 0.25) is 5.91 Å². The quantitative estimate of drug-likeness (QED) is 0.184. The number of amides is 2. The number of esters is 1. The Balaban J connectivity index is 1.84. The average Bonchev–Trinajstić information content (AvgIpc) is 3.54. The second kappa shape index (κ2) is 12.9. The molecule has 7 nitrogen and oxygen atoms in total. The summed E-state index contributed by atoms with van der Waals surface area (Å²) in [5, 5.41) is 10.9. The first kappa shape index (κ1) is 31.6. The van der Waals surface area contributed by atoms with Gasteiger partial charge in [-0.3, -0.25) is 14.4 Å². The van der Waals surface area contributed by atoms with Gasteiger partial charge in [-0.1, -0.05) is 63.1 Å². The van der Waals surface area contributed by atoms with Crippen LogP contribution in [0.3, 0.4) is 0 Å². The first-order valence-corrected chi connectivity index (χ1v) is 15.9. The Labute approximate surface area is 253 Å². The van der Waals surface area contributed by atoms with Crippen LogP contribution in [0.5, 0.6) is 0 Å². The molecule has 3 saturated heterocycles. The largest absolute Gasteiger partial charge is 0.465 e. The number of fused-ring (bicyclic) bond motifs is 1. The van der Waals surface area contributed by atoms with Crippen molar-refractivity contribution in [1.82, 2.24) is 4.90 Å². The Morgan fingerprint density at radius 3 is 2.68 bits per heavy atom. The van der Waals surface area contributed by atoms with E-state index >= 15 is 0 Å². The number of nitrogens with zero attached hydrogens (tertiary/aromatic N) is 2. The van der Waals surface area contributed by atoms with E-state index < -0.39 is 28.7 Å². The lowest BCUT2D eigenvalue weighted by Gasteiger charge is -2.43. The fourth-order valence-electron chi connectivity index (χ4n) is 7.21. The molecule has 9 heteroatoms. The van der Waals surface area contributed by atoms with Crippen molar-refractivity contribution in [2.45, 2.75) is 75.5 Å². The third kappa shape index (κ3) is 5.25. The normalized spacial score (nSPS) is 29.7. The zero-order valence-electron chi connectivity index (χ0n) is 24.6. The predicted octanol–water partition coefficient (Wildman–Crippen LogP) is 5.42. The number of aliphatic hydroxyl groups excluding tert-OH is 1. The number of anilines is 1. The maximum Gasteiger partial charge on any atom is 0.310 e. The van der Waals surface area contributed by atoms with Gasteiger partial charge in [-0.25, -0.2) is 0 Å². The summed E-state index contributed by atoms with van der Waals surface area (Å²) in [5.74, 6) is -2.31. The lowest BCUT2D eigenvalue weighted by atomic mass is 9.66. The number of carbonyl (C=O) groups is 3. The van der Waals surface area contributed by atoms with E-state index in [-0.39, 0.29) is 54.6 Å². The van der Waals surface area contributed by atoms with E-state index in [1.165, 1.54) is 0 Å². The van der Waals surface area contributed by atoms with E-state index in [1.807, 2.05) is 32.9 Å². The highest BCUT2D eigenvalue weighted by Crippen LogP contribution is 2.69. The molecule has 1 aromatic rings. The van der Waals surface area contributed by atoms with E-state index in [9.17, 15) is 19.5 Å². The van der Waals surface area contributed by atoms with Crippen molar-refractivity contribution in [3.63, 3.8) is 0 Å². The smallest absolute Gasteiger partial charge is 0.310 e. The second-order valence-corrected chi connectivity index (χ2v) is 13.6. The molecule has 3 fully saturated rings. The lowest BCUT2D eigenvalue weighted by molar-refractivity contribution is -0.155. The Bertz CT molecular complexity index is 1170. The lowest BCUT2D eigenvalue weighted by Crippen LogP contribution is -2.60. The number of thioether (sulfide) groups is 1. The summed E-state index contributed by atoms with van der Waals surface area (Å²) in [4.78, 5) is 46.3. The van der Waals surface area contributed by atoms with Gasteiger partial charge in [0.25, 0.3) is 5.91 Å². The summed E-state index contributed by atoms with van der Waals surface area (Å²) in [6, 6.07) is 4.03. The minimum absolute atomic E-state index is 0.00980. The van der Waals surface area contributed by atoms with Gasteiger partial charge in [0.15, 0.2) is 0 Å². The second-order valence-electron chi connectivity index (χ2n) is 11.7. The number of para-hydroxylation sites is 1. The van der Waals surface area contributed by atoms with Crippen LogP contribution >= 0.6 is 23.4 Å². The van der Waals surface area contributed by atoms with E-state index in [2.05, 4.69) is 20.1 Å². The molecule has 0 radical (unpaired) electrons. The molecule has 8 atom stereocenters. The summed E-state index contributed by atoms with van der Waals surface area (Å²) >= 11 is 8.27. The highest BCUT2D eigenvalue weighted by Gasteiger charge is 2.77. The molecule has 1 aromatic carbocycles. The molecular formula is C32H43ClN2O5S. The van der Waals surface area contributed by atoms with Crippen molar-refractivity contribution in [3.8, 4) is 0 Å². The Hall–Kier alpha value is -2.29. The number of likely N-dealkylation sites (tertiary alicyclic amines) is 1. The molecule has 224 valence electrons. The van der Waals surface area contributed by atoms with Gasteiger partial charge in [-0.2, -0.15) is 0 Å². The number of aryl methyl sites for hydroxylation is 1. The van der Waals surface area contributed by atoms with Crippen molar-refractivity contribution in [3.05, 3.63) is 54.1 Å². The number of hydrogen-bond acceptors (Lipinski definition) is 6. The number of aliphatic hydroxyl groups is 1. The van der Waals surface area contributed by atoms with Crippen LogP contribution in [0.1, 0.15) is 52.0 Å². The molecule has 41 heavy (non-hydrogen) atoms. The SMILES string of the molecule is C=CCCCOC(=O)[C@@H]1[C@@H]2CC(C)C3(S2)C(C(=O)N(CC=C)c2c(C)cccc2Cl)N([C@@H](CO)[C@@H](C)CC)C(=O)[C@H]13. The molecule has 1 N–H and O–H groups in total. The van der Waals surface area contributed by atoms with Gasteiger partial charge in [0.1, 0.15) is 6.04 Å². The molecule has 0 saturated carbocycles. The standard InChI is InChI=1S/C32H43ClN2O5S/c1-7-10-11-16-40-31(39)25-24-17-21(6)32(41-24)26(25)29(37)35(23(18-36)19(4)9-3)28(32)30(38)34(15-8-2)27-20(5)13-12-14-22(27)33/h7-8,12-14,19,21,23-26,28,36H,1-2,9-11,15-18H2,3-6H3/t19-,21?,23-,24-,25+,26-,28?,32?/m0/s1. The zero-order valence-corrected chi connectivity index (χ0v) is 26.1. The summed E-state index contributed by atoms with van der Waals surface area (Å²) in [7, 11) is 0. The summed E-state index contributed by atoms with van der Waals surface area (Å²) < 4.78 is 4.86. The van der Waals surface area contributed by atoms with Crippen LogP contribution < -0.4 is 4.90 Å². The molecule has 1 spiro atoms. The summed E-state index contributed by atoms with van der Waals surface area (Å²) in [6.07, 6.45) is 6.26. The van der Waals surface area contributed by atoms with Crippen molar-refractivity contribution in [1.29, 1.82) is 0 Å². The third-order valence-electron chi connectivity index (χ3n) is 9.37. The maximum atomic E-state index is 14.9. The molecular weight excluding hydrogens is 560 g/mol. The van der Waals surface area contributed by atoms with Crippen molar-refractivity contribution in [2.24, 2.45) is 23.7 Å². The van der Waals surface area contributed by atoms with Gasteiger partial charge in [0, 0.05) is 11.8 Å². The minimum Gasteiger partial charge on any atom is -0.465 e. The number of halogens is 1.